The minimum atomic E-state index is -2.69. The summed E-state index contributed by atoms with van der Waals surface area (Å²) in [6.07, 6.45) is 0. The predicted molar refractivity (Wildman–Crippen MR) is 258 cm³/mol. The third-order valence-electron chi connectivity index (χ3n) is 13.4. The van der Waals surface area contributed by atoms with Gasteiger partial charge >= 0.3 is 0 Å². The lowest BCUT2D eigenvalue weighted by Gasteiger charge is -2.45. The quantitative estimate of drug-likeness (QED) is 0.128. The second kappa shape index (κ2) is 13.0. The van der Waals surface area contributed by atoms with Crippen molar-refractivity contribution >= 4 is 125 Å². The number of hydrogen-bond donors (Lipinski definition) is 0. The highest BCUT2D eigenvalue weighted by molar-refractivity contribution is 7.11. The van der Waals surface area contributed by atoms with Crippen LogP contribution in [0.15, 0.2) is 215 Å². The lowest BCUT2D eigenvalue weighted by atomic mass is 9.33. The Hall–Kier alpha value is -7.54. The predicted octanol–water partition coefficient (Wildman–Crippen LogP) is 10.7. The van der Waals surface area contributed by atoms with Gasteiger partial charge in [0.05, 0.1) is 11.4 Å². The zero-order valence-electron chi connectivity index (χ0n) is 33.4. The summed E-state index contributed by atoms with van der Waals surface area (Å²) in [5.74, 6) is 0. The molecule has 0 fully saturated rings. The molecular weight excluding hydrogens is 760 g/mol. The zero-order valence-corrected chi connectivity index (χ0v) is 34.4. The van der Waals surface area contributed by atoms with Crippen molar-refractivity contribution in [3.8, 4) is 0 Å². The van der Waals surface area contributed by atoms with E-state index in [1.54, 1.807) is 0 Å². The number of nitrogens with zero attached hydrogens (tertiary/aromatic N) is 2. The van der Waals surface area contributed by atoms with E-state index in [2.05, 4.69) is 223 Å². The molecule has 0 amide bonds. The van der Waals surface area contributed by atoms with Crippen molar-refractivity contribution in [3.05, 3.63) is 206 Å². The Morgan fingerprint density at radius 3 is 1.23 bits per heavy atom. The van der Waals surface area contributed by atoms with Crippen LogP contribution in [0.3, 0.4) is 0 Å². The van der Waals surface area contributed by atoms with Gasteiger partial charge in [-0.05, 0) is 80.5 Å². The molecule has 4 nitrogen and oxygen atoms in total. The van der Waals surface area contributed by atoms with Gasteiger partial charge in [0.1, 0.15) is 19.2 Å². The molecule has 6 heteroatoms. The maximum atomic E-state index is 7.02. The molecule has 0 aliphatic carbocycles. The van der Waals surface area contributed by atoms with E-state index < -0.39 is 8.07 Å². The fourth-order valence-electron chi connectivity index (χ4n) is 10.5. The van der Waals surface area contributed by atoms with Gasteiger partial charge in [-0.15, -0.1) is 0 Å². The number of benzene rings is 9. The number of fused-ring (bicyclic) bond motifs is 12. The third-order valence-corrected chi connectivity index (χ3v) is 17.8. The summed E-state index contributed by atoms with van der Waals surface area (Å²) >= 11 is 0. The van der Waals surface area contributed by atoms with E-state index in [-0.39, 0.29) is 6.71 Å². The first-order valence-electron chi connectivity index (χ1n) is 21.0. The maximum absolute atomic E-state index is 7.02. The minimum absolute atomic E-state index is 0.124. The number of hydrogen-bond acceptors (Lipinski definition) is 4. The van der Waals surface area contributed by atoms with Gasteiger partial charge in [-0.2, -0.15) is 0 Å². The van der Waals surface area contributed by atoms with Crippen LogP contribution in [-0.2, 0) is 0 Å². The molecular formula is C55H37BN2O2Si. The molecule has 0 radical (unpaired) electrons. The number of furan rings is 2. The monoisotopic (exact) mass is 796 g/mol. The number of rotatable bonds is 5. The number of para-hydroxylation sites is 4. The normalized spacial score (nSPS) is 13.2. The van der Waals surface area contributed by atoms with Crippen LogP contribution >= 0.6 is 0 Å². The molecule has 2 aliphatic heterocycles. The summed E-state index contributed by atoms with van der Waals surface area (Å²) in [7, 11) is -2.69. The van der Waals surface area contributed by atoms with Gasteiger partial charge in [0, 0.05) is 44.3 Å². The van der Waals surface area contributed by atoms with Crippen LogP contribution in [-0.4, -0.2) is 14.8 Å². The standard InChI is InChI=1S/C55H37BN2O2Si/c1-61(38-22-10-4-11-23-38,39-24-12-5-13-25-39)40-34-47-51-48(35-40)58(37-20-8-3-9-21-37)53-46(33-31-44-42-27-15-17-29-50(42)60-55(44)53)56(51)45-32-30-43-41-26-14-16-28-49(41)59-54(43)52(45)57(47)36-18-6-2-7-19-36/h2-35H,1H3. The van der Waals surface area contributed by atoms with E-state index in [1.807, 2.05) is 0 Å². The van der Waals surface area contributed by atoms with Gasteiger partial charge in [0.2, 0.25) is 0 Å². The summed E-state index contributed by atoms with van der Waals surface area (Å²) in [6, 6.07) is 75.3. The van der Waals surface area contributed by atoms with Crippen LogP contribution < -0.4 is 41.7 Å². The SMILES string of the molecule is C[Si](c1ccccc1)(c1ccccc1)c1cc2c3c(c1)N(c1ccccc1)c1c(ccc4c1oc1ccccc14)B3c1ccc3c(oc4ccccc43)c1N2c1ccccc1. The fourth-order valence-corrected chi connectivity index (χ4v) is 14.1. The van der Waals surface area contributed by atoms with Crippen LogP contribution in [0.2, 0.25) is 6.55 Å². The van der Waals surface area contributed by atoms with E-state index in [4.69, 9.17) is 8.83 Å². The van der Waals surface area contributed by atoms with E-state index in [0.29, 0.717) is 0 Å². The first-order chi connectivity index (χ1) is 30.2. The maximum Gasteiger partial charge on any atom is 0.252 e. The van der Waals surface area contributed by atoms with Crippen molar-refractivity contribution in [1.82, 2.24) is 0 Å². The Kier molecular flexibility index (Phi) is 7.31. The number of anilines is 6. The van der Waals surface area contributed by atoms with Crippen molar-refractivity contribution in [2.24, 2.45) is 0 Å². The van der Waals surface area contributed by atoms with Gasteiger partial charge in [0.25, 0.3) is 6.71 Å². The molecule has 0 saturated carbocycles. The molecule has 0 bridgehead atoms. The van der Waals surface area contributed by atoms with Crippen molar-refractivity contribution in [1.29, 1.82) is 0 Å². The molecule has 2 aliphatic rings. The average Bonchev–Trinajstić information content (AvgIpc) is 3.91. The van der Waals surface area contributed by atoms with Gasteiger partial charge in [-0.25, -0.2) is 0 Å². The first-order valence-corrected chi connectivity index (χ1v) is 23.5. The topological polar surface area (TPSA) is 32.8 Å². The molecule has 4 heterocycles. The summed E-state index contributed by atoms with van der Waals surface area (Å²) < 4.78 is 14.0. The van der Waals surface area contributed by atoms with Crippen LogP contribution in [0.1, 0.15) is 0 Å². The third kappa shape index (κ3) is 4.82. The van der Waals surface area contributed by atoms with Crippen molar-refractivity contribution in [2.75, 3.05) is 9.80 Å². The smallest absolute Gasteiger partial charge is 0.252 e. The van der Waals surface area contributed by atoms with E-state index in [0.717, 1.165) is 78.0 Å². The molecule has 11 aromatic rings. The van der Waals surface area contributed by atoms with Gasteiger partial charge in [-0.1, -0.05) is 164 Å². The Morgan fingerprint density at radius 2 is 0.787 bits per heavy atom. The fraction of sp³-hybridized carbons (Fsp3) is 0.0182. The summed E-state index contributed by atoms with van der Waals surface area (Å²) in [5, 5.41) is 8.48. The molecule has 0 unspecified atom stereocenters. The molecule has 2 aromatic heterocycles. The van der Waals surface area contributed by atoms with Gasteiger partial charge < -0.3 is 18.6 Å². The second-order valence-electron chi connectivity index (χ2n) is 16.5. The zero-order chi connectivity index (χ0) is 40.2. The van der Waals surface area contributed by atoms with Gasteiger partial charge in [-0.3, -0.25) is 0 Å². The molecule has 0 atom stereocenters. The van der Waals surface area contributed by atoms with Gasteiger partial charge in [0.15, 0.2) is 11.2 Å². The summed E-state index contributed by atoms with van der Waals surface area (Å²) in [6.45, 7) is 2.40. The Bertz CT molecular complexity index is 3290. The first kappa shape index (κ1) is 34.3. The van der Waals surface area contributed by atoms with E-state index in [9.17, 15) is 0 Å². The summed E-state index contributed by atoms with van der Waals surface area (Å²) in [4.78, 5) is 5.00. The van der Waals surface area contributed by atoms with Crippen LogP contribution in [0.4, 0.5) is 34.1 Å². The van der Waals surface area contributed by atoms with Crippen molar-refractivity contribution in [2.45, 2.75) is 6.55 Å². The molecule has 0 saturated heterocycles. The molecule has 13 rings (SSSR count). The van der Waals surface area contributed by atoms with E-state index in [1.165, 1.54) is 31.9 Å². The highest BCUT2D eigenvalue weighted by Gasteiger charge is 2.47. The summed E-state index contributed by atoms with van der Waals surface area (Å²) in [5.41, 5.74) is 13.9. The molecule has 0 N–H and O–H groups in total. The minimum Gasteiger partial charge on any atom is -0.454 e. The molecule has 9 aromatic carbocycles. The molecule has 61 heavy (non-hydrogen) atoms. The lowest BCUT2D eigenvalue weighted by molar-refractivity contribution is 0.669. The average molecular weight is 797 g/mol. The largest absolute Gasteiger partial charge is 0.454 e. The van der Waals surface area contributed by atoms with Crippen molar-refractivity contribution < 1.29 is 8.83 Å². The van der Waals surface area contributed by atoms with Crippen molar-refractivity contribution in [3.63, 3.8) is 0 Å². The Morgan fingerprint density at radius 1 is 0.393 bits per heavy atom. The second-order valence-corrected chi connectivity index (χ2v) is 20.5. The Labute approximate surface area is 354 Å². The lowest BCUT2D eigenvalue weighted by Crippen LogP contribution is -2.66. The van der Waals surface area contributed by atoms with Crippen LogP contribution in [0.5, 0.6) is 0 Å². The molecule has 0 spiro atoms. The van der Waals surface area contributed by atoms with Crippen LogP contribution in [0.25, 0.3) is 43.9 Å². The highest BCUT2D eigenvalue weighted by Crippen LogP contribution is 2.49. The highest BCUT2D eigenvalue weighted by atomic mass is 28.3. The van der Waals surface area contributed by atoms with Crippen LogP contribution in [0, 0.1) is 0 Å². The molecule has 286 valence electrons. The van der Waals surface area contributed by atoms with E-state index >= 15 is 0 Å². The Balaban J connectivity index is 1.23.